The van der Waals surface area contributed by atoms with Crippen molar-refractivity contribution in [3.63, 3.8) is 0 Å². The van der Waals surface area contributed by atoms with Crippen molar-refractivity contribution in [3.8, 4) is 11.1 Å². The van der Waals surface area contributed by atoms with E-state index in [0.717, 1.165) is 40.5 Å². The molecule has 0 spiro atoms. The zero-order chi connectivity index (χ0) is 17.5. The van der Waals surface area contributed by atoms with Crippen LogP contribution >= 0.6 is 0 Å². The van der Waals surface area contributed by atoms with Gasteiger partial charge in [-0.3, -0.25) is 4.79 Å². The lowest BCUT2D eigenvalue weighted by atomic mass is 9.94. The number of hydrogen-bond donors (Lipinski definition) is 0. The van der Waals surface area contributed by atoms with Gasteiger partial charge in [0.25, 0.3) is 0 Å². The van der Waals surface area contributed by atoms with Crippen molar-refractivity contribution in [2.75, 3.05) is 0 Å². The molecule has 0 N–H and O–H groups in total. The standard InChI is InChI=1S/C25H18O/c26-25(21-13-9-18(10-14-21)17-5-2-1-3-6-17)23-16-15-20-12-11-19-7-4-8-22(23)24(19)20/h1-10,13-16H,11-12H2. The van der Waals surface area contributed by atoms with Gasteiger partial charge < -0.3 is 0 Å². The maximum absolute atomic E-state index is 13.2. The SMILES string of the molecule is O=C(c1ccc(-c2ccccc2)cc1)c1ccc2c3c(cccc13)CC2. The molecule has 0 fully saturated rings. The normalized spacial score (nSPS) is 12.5. The molecule has 1 aliphatic rings. The van der Waals surface area contributed by atoms with E-state index in [0.29, 0.717) is 0 Å². The molecule has 0 saturated carbocycles. The number of hydrogen-bond acceptors (Lipinski definition) is 1. The van der Waals surface area contributed by atoms with Crippen molar-refractivity contribution in [1.29, 1.82) is 0 Å². The van der Waals surface area contributed by atoms with E-state index in [9.17, 15) is 4.79 Å². The molecule has 0 saturated heterocycles. The van der Waals surface area contributed by atoms with E-state index < -0.39 is 0 Å². The summed E-state index contributed by atoms with van der Waals surface area (Å²) in [5.74, 6) is 0.0974. The Kier molecular flexibility index (Phi) is 3.46. The van der Waals surface area contributed by atoms with Gasteiger partial charge >= 0.3 is 0 Å². The van der Waals surface area contributed by atoms with Crippen molar-refractivity contribution in [2.24, 2.45) is 0 Å². The summed E-state index contributed by atoms with van der Waals surface area (Å²) in [5, 5.41) is 2.38. The first kappa shape index (κ1) is 15.1. The zero-order valence-electron chi connectivity index (χ0n) is 14.4. The van der Waals surface area contributed by atoms with Crippen LogP contribution in [0.4, 0.5) is 0 Å². The molecule has 0 heterocycles. The van der Waals surface area contributed by atoms with Crippen LogP contribution in [0.5, 0.6) is 0 Å². The van der Waals surface area contributed by atoms with Crippen molar-refractivity contribution in [1.82, 2.24) is 0 Å². The van der Waals surface area contributed by atoms with E-state index in [-0.39, 0.29) is 5.78 Å². The molecule has 26 heavy (non-hydrogen) atoms. The van der Waals surface area contributed by atoms with Gasteiger partial charge in [-0.2, -0.15) is 0 Å². The molecular formula is C25H18O. The summed E-state index contributed by atoms with van der Waals surface area (Å²) < 4.78 is 0. The summed E-state index contributed by atoms with van der Waals surface area (Å²) in [6.45, 7) is 0. The van der Waals surface area contributed by atoms with Gasteiger partial charge in [-0.05, 0) is 45.9 Å². The molecule has 1 nitrogen and oxygen atoms in total. The molecule has 0 bridgehead atoms. The van der Waals surface area contributed by atoms with E-state index >= 15 is 0 Å². The van der Waals surface area contributed by atoms with E-state index in [2.05, 4.69) is 36.4 Å². The van der Waals surface area contributed by atoms with E-state index in [1.165, 1.54) is 16.5 Å². The van der Waals surface area contributed by atoms with Crippen LogP contribution in [0.1, 0.15) is 27.0 Å². The Balaban J connectivity index is 1.56. The Morgan fingerprint density at radius 3 is 2.08 bits per heavy atom. The second-order valence-electron chi connectivity index (χ2n) is 6.88. The van der Waals surface area contributed by atoms with Gasteiger partial charge in [-0.1, -0.05) is 84.9 Å². The van der Waals surface area contributed by atoms with Crippen molar-refractivity contribution >= 4 is 16.6 Å². The zero-order valence-corrected chi connectivity index (χ0v) is 14.4. The minimum absolute atomic E-state index is 0.0974. The third-order valence-corrected chi connectivity index (χ3v) is 5.38. The quantitative estimate of drug-likeness (QED) is 0.430. The number of aryl methyl sites for hydroxylation is 2. The van der Waals surface area contributed by atoms with Gasteiger partial charge in [0, 0.05) is 11.1 Å². The van der Waals surface area contributed by atoms with Gasteiger partial charge in [0.15, 0.2) is 5.78 Å². The Morgan fingerprint density at radius 1 is 0.615 bits per heavy atom. The maximum Gasteiger partial charge on any atom is 0.193 e. The van der Waals surface area contributed by atoms with Crippen molar-refractivity contribution in [2.45, 2.75) is 12.8 Å². The second kappa shape index (κ2) is 5.96. The van der Waals surface area contributed by atoms with Crippen molar-refractivity contribution < 1.29 is 4.79 Å². The van der Waals surface area contributed by atoms with Gasteiger partial charge in [0.05, 0.1) is 0 Å². The average Bonchev–Trinajstić information content (AvgIpc) is 3.14. The fourth-order valence-corrected chi connectivity index (χ4v) is 4.04. The number of carbonyl (C=O) groups is 1. The topological polar surface area (TPSA) is 17.1 Å². The highest BCUT2D eigenvalue weighted by molar-refractivity contribution is 6.17. The molecular weight excluding hydrogens is 316 g/mol. The van der Waals surface area contributed by atoms with Gasteiger partial charge in [0.1, 0.15) is 0 Å². The van der Waals surface area contributed by atoms with Crippen LogP contribution in [0.25, 0.3) is 21.9 Å². The summed E-state index contributed by atoms with van der Waals surface area (Å²) in [6.07, 6.45) is 2.16. The maximum atomic E-state index is 13.2. The van der Waals surface area contributed by atoms with Gasteiger partial charge in [-0.15, -0.1) is 0 Å². The molecule has 0 unspecified atom stereocenters. The molecule has 1 aliphatic carbocycles. The Labute approximate surface area is 152 Å². The summed E-state index contributed by atoms with van der Waals surface area (Å²) >= 11 is 0. The molecule has 0 radical (unpaired) electrons. The molecule has 4 aromatic rings. The van der Waals surface area contributed by atoms with Crippen molar-refractivity contribution in [3.05, 3.63) is 107 Å². The van der Waals surface area contributed by atoms with Crippen LogP contribution in [0.3, 0.4) is 0 Å². The van der Waals surface area contributed by atoms with E-state index in [4.69, 9.17) is 0 Å². The lowest BCUT2D eigenvalue weighted by molar-refractivity contribution is 0.104. The Morgan fingerprint density at radius 2 is 1.31 bits per heavy atom. The fraction of sp³-hybridized carbons (Fsp3) is 0.0800. The molecule has 1 heteroatoms. The predicted molar refractivity (Wildman–Crippen MR) is 107 cm³/mol. The largest absolute Gasteiger partial charge is 0.289 e. The summed E-state index contributed by atoms with van der Waals surface area (Å²) in [6, 6.07) is 28.6. The lowest BCUT2D eigenvalue weighted by Gasteiger charge is -2.09. The van der Waals surface area contributed by atoms with E-state index in [1.807, 2.05) is 48.5 Å². The smallest absolute Gasteiger partial charge is 0.193 e. The molecule has 124 valence electrons. The number of ketones is 1. The van der Waals surface area contributed by atoms with Gasteiger partial charge in [-0.25, -0.2) is 0 Å². The molecule has 0 amide bonds. The third-order valence-electron chi connectivity index (χ3n) is 5.38. The fourth-order valence-electron chi connectivity index (χ4n) is 4.04. The lowest BCUT2D eigenvalue weighted by Crippen LogP contribution is -2.02. The minimum Gasteiger partial charge on any atom is -0.289 e. The third kappa shape index (κ3) is 2.36. The minimum atomic E-state index is 0.0974. The van der Waals surface area contributed by atoms with Crippen LogP contribution in [0.15, 0.2) is 84.9 Å². The van der Waals surface area contributed by atoms with Crippen LogP contribution < -0.4 is 0 Å². The summed E-state index contributed by atoms with van der Waals surface area (Å²) in [5.41, 5.74) is 6.57. The van der Waals surface area contributed by atoms with Crippen LogP contribution in [-0.4, -0.2) is 5.78 Å². The molecule has 0 aromatic heterocycles. The molecule has 5 rings (SSSR count). The molecule has 4 aromatic carbocycles. The highest BCUT2D eigenvalue weighted by Gasteiger charge is 2.19. The number of carbonyl (C=O) groups excluding carboxylic acids is 1. The number of benzene rings is 4. The number of rotatable bonds is 3. The first-order valence-corrected chi connectivity index (χ1v) is 9.05. The molecule has 0 aliphatic heterocycles. The first-order valence-electron chi connectivity index (χ1n) is 9.05. The van der Waals surface area contributed by atoms with Crippen LogP contribution in [-0.2, 0) is 12.8 Å². The molecule has 0 atom stereocenters. The van der Waals surface area contributed by atoms with Gasteiger partial charge in [0.2, 0.25) is 0 Å². The Bertz CT molecular complexity index is 1110. The Hall–Kier alpha value is -3.19. The highest BCUT2D eigenvalue weighted by atomic mass is 16.1. The highest BCUT2D eigenvalue weighted by Crippen LogP contribution is 2.33. The second-order valence-corrected chi connectivity index (χ2v) is 6.88. The van der Waals surface area contributed by atoms with E-state index in [1.54, 1.807) is 0 Å². The van der Waals surface area contributed by atoms with Crippen LogP contribution in [0.2, 0.25) is 0 Å². The van der Waals surface area contributed by atoms with Crippen LogP contribution in [0, 0.1) is 0 Å². The monoisotopic (exact) mass is 334 g/mol. The summed E-state index contributed by atoms with van der Waals surface area (Å²) in [7, 11) is 0. The average molecular weight is 334 g/mol. The summed E-state index contributed by atoms with van der Waals surface area (Å²) in [4.78, 5) is 13.2. The first-order chi connectivity index (χ1) is 12.8. The predicted octanol–water partition coefficient (Wildman–Crippen LogP) is 5.84.